The highest BCUT2D eigenvalue weighted by Crippen LogP contribution is 2.09. The number of nitrogens with one attached hydrogen (secondary N) is 1. The Hall–Kier alpha value is -2.11. The molecule has 0 atom stereocenters. The molecule has 2 amide bonds. The summed E-state index contributed by atoms with van der Waals surface area (Å²) in [5.41, 5.74) is 0.468. The topological polar surface area (TPSA) is 69.6 Å². The van der Waals surface area contributed by atoms with E-state index in [0.29, 0.717) is 12.2 Å². The van der Waals surface area contributed by atoms with Crippen LogP contribution in [-0.4, -0.2) is 35.1 Å². The molecule has 18 heavy (non-hydrogen) atoms. The number of halogens is 1. The van der Waals surface area contributed by atoms with E-state index in [4.69, 9.17) is 5.11 Å². The number of anilines is 1. The van der Waals surface area contributed by atoms with Crippen LogP contribution in [0, 0.1) is 5.82 Å². The van der Waals surface area contributed by atoms with Crippen LogP contribution in [0.4, 0.5) is 14.9 Å². The van der Waals surface area contributed by atoms with Gasteiger partial charge in [0.25, 0.3) is 0 Å². The Balaban J connectivity index is 2.56. The summed E-state index contributed by atoms with van der Waals surface area (Å²) in [6.07, 6.45) is -0.106. The van der Waals surface area contributed by atoms with Crippen LogP contribution in [0.5, 0.6) is 0 Å². The maximum absolute atomic E-state index is 12.7. The van der Waals surface area contributed by atoms with Gasteiger partial charge in [-0.2, -0.15) is 0 Å². The molecule has 1 rings (SSSR count). The van der Waals surface area contributed by atoms with Gasteiger partial charge < -0.3 is 15.3 Å². The first kappa shape index (κ1) is 14.0. The molecule has 1 aromatic carbocycles. The summed E-state index contributed by atoms with van der Waals surface area (Å²) in [6, 6.07) is 4.97. The lowest BCUT2D eigenvalue weighted by molar-refractivity contribution is -0.137. The lowest BCUT2D eigenvalue weighted by Crippen LogP contribution is -2.36. The number of aliphatic carboxylic acids is 1. The Morgan fingerprint density at radius 1 is 1.33 bits per heavy atom. The van der Waals surface area contributed by atoms with Crippen LogP contribution in [0.1, 0.15) is 13.3 Å². The number of carboxylic acid groups (broad SMARTS) is 1. The molecule has 0 saturated carbocycles. The normalized spacial score (nSPS) is 9.89. The molecule has 0 fully saturated rings. The maximum atomic E-state index is 12.7. The number of carboxylic acids is 1. The minimum Gasteiger partial charge on any atom is -0.481 e. The fourth-order valence-electron chi connectivity index (χ4n) is 1.37. The first-order valence-electron chi connectivity index (χ1n) is 5.56. The second kappa shape index (κ2) is 6.58. The zero-order valence-corrected chi connectivity index (χ0v) is 10.0. The minimum atomic E-state index is -0.956. The first-order valence-corrected chi connectivity index (χ1v) is 5.56. The van der Waals surface area contributed by atoms with E-state index >= 15 is 0 Å². The van der Waals surface area contributed by atoms with Crippen molar-refractivity contribution in [1.82, 2.24) is 4.90 Å². The largest absolute Gasteiger partial charge is 0.481 e. The average Bonchev–Trinajstić information content (AvgIpc) is 2.32. The van der Waals surface area contributed by atoms with Crippen molar-refractivity contribution in [2.45, 2.75) is 13.3 Å². The van der Waals surface area contributed by atoms with Gasteiger partial charge in [-0.3, -0.25) is 4.79 Å². The van der Waals surface area contributed by atoms with Crippen molar-refractivity contribution < 1.29 is 19.1 Å². The zero-order valence-electron chi connectivity index (χ0n) is 10.0. The van der Waals surface area contributed by atoms with Gasteiger partial charge in [0.1, 0.15) is 5.82 Å². The van der Waals surface area contributed by atoms with Crippen molar-refractivity contribution in [3.63, 3.8) is 0 Å². The van der Waals surface area contributed by atoms with E-state index in [9.17, 15) is 14.0 Å². The minimum absolute atomic E-state index is 0.106. The van der Waals surface area contributed by atoms with Gasteiger partial charge in [0, 0.05) is 18.8 Å². The van der Waals surface area contributed by atoms with Crippen LogP contribution in [0.15, 0.2) is 24.3 Å². The Bertz CT molecular complexity index is 420. The molecule has 6 heteroatoms. The third kappa shape index (κ3) is 4.40. The van der Waals surface area contributed by atoms with Gasteiger partial charge in [0.05, 0.1) is 6.42 Å². The van der Waals surface area contributed by atoms with E-state index in [-0.39, 0.29) is 18.8 Å². The second-order valence-electron chi connectivity index (χ2n) is 3.66. The fourth-order valence-corrected chi connectivity index (χ4v) is 1.37. The molecule has 0 bridgehead atoms. The molecule has 1 aromatic rings. The average molecular weight is 254 g/mol. The number of nitrogens with zero attached hydrogens (tertiary/aromatic N) is 1. The molecule has 0 aromatic heterocycles. The highest BCUT2D eigenvalue weighted by atomic mass is 19.1. The van der Waals surface area contributed by atoms with Crippen molar-refractivity contribution >= 4 is 17.7 Å². The molecule has 0 spiro atoms. The number of amides is 2. The molecular formula is C12H15FN2O3. The summed E-state index contributed by atoms with van der Waals surface area (Å²) in [4.78, 5) is 23.6. The molecule has 2 N–H and O–H groups in total. The molecule has 98 valence electrons. The van der Waals surface area contributed by atoms with Crippen molar-refractivity contribution in [2.24, 2.45) is 0 Å². The van der Waals surface area contributed by atoms with Crippen LogP contribution in [-0.2, 0) is 4.79 Å². The van der Waals surface area contributed by atoms with Gasteiger partial charge >= 0.3 is 12.0 Å². The second-order valence-corrected chi connectivity index (χ2v) is 3.66. The zero-order chi connectivity index (χ0) is 13.5. The molecule has 0 radical (unpaired) electrons. The number of hydrogen-bond donors (Lipinski definition) is 2. The number of urea groups is 1. The Kier molecular flexibility index (Phi) is 5.10. The van der Waals surface area contributed by atoms with Crippen LogP contribution in [0.2, 0.25) is 0 Å². The standard InChI is InChI=1S/C12H15FN2O3/c1-2-15(8-7-11(16)17)12(18)14-10-5-3-9(13)4-6-10/h3-6H,2,7-8H2,1H3,(H,14,18)(H,16,17). The molecular weight excluding hydrogens is 239 g/mol. The van der Waals surface area contributed by atoms with E-state index in [1.807, 2.05) is 0 Å². The molecule has 0 saturated heterocycles. The summed E-state index contributed by atoms with van der Waals surface area (Å²) < 4.78 is 12.7. The third-order valence-corrected chi connectivity index (χ3v) is 2.36. The third-order valence-electron chi connectivity index (χ3n) is 2.36. The van der Waals surface area contributed by atoms with E-state index in [1.165, 1.54) is 29.2 Å². The number of benzene rings is 1. The Labute approximate surface area is 104 Å². The van der Waals surface area contributed by atoms with E-state index in [1.54, 1.807) is 6.92 Å². The van der Waals surface area contributed by atoms with Crippen molar-refractivity contribution in [3.05, 3.63) is 30.1 Å². The predicted molar refractivity (Wildman–Crippen MR) is 64.9 cm³/mol. The Morgan fingerprint density at radius 2 is 1.94 bits per heavy atom. The van der Waals surface area contributed by atoms with Crippen molar-refractivity contribution in [1.29, 1.82) is 0 Å². The number of carbonyl (C=O) groups is 2. The van der Waals surface area contributed by atoms with Crippen molar-refractivity contribution in [2.75, 3.05) is 18.4 Å². The van der Waals surface area contributed by atoms with Crippen LogP contribution < -0.4 is 5.32 Å². The van der Waals surface area contributed by atoms with E-state index < -0.39 is 12.0 Å². The molecule has 0 aliphatic heterocycles. The number of carbonyl (C=O) groups excluding carboxylic acids is 1. The quantitative estimate of drug-likeness (QED) is 0.845. The van der Waals surface area contributed by atoms with Gasteiger partial charge in [-0.25, -0.2) is 9.18 Å². The van der Waals surface area contributed by atoms with Crippen LogP contribution in [0.3, 0.4) is 0 Å². The number of rotatable bonds is 5. The van der Waals surface area contributed by atoms with Crippen molar-refractivity contribution in [3.8, 4) is 0 Å². The molecule has 0 heterocycles. The van der Waals surface area contributed by atoms with E-state index in [2.05, 4.69) is 5.32 Å². The summed E-state index contributed by atoms with van der Waals surface area (Å²) in [5, 5.41) is 11.1. The van der Waals surface area contributed by atoms with Gasteiger partial charge in [0.2, 0.25) is 0 Å². The van der Waals surface area contributed by atoms with Crippen LogP contribution >= 0.6 is 0 Å². The van der Waals surface area contributed by atoms with Gasteiger partial charge in [0.15, 0.2) is 0 Å². The molecule has 5 nitrogen and oxygen atoms in total. The van der Waals surface area contributed by atoms with Gasteiger partial charge in [-0.05, 0) is 31.2 Å². The summed E-state index contributed by atoms with van der Waals surface area (Å²) in [7, 11) is 0. The van der Waals surface area contributed by atoms with Gasteiger partial charge in [-0.1, -0.05) is 0 Å². The summed E-state index contributed by atoms with van der Waals surface area (Å²) in [5.74, 6) is -1.34. The predicted octanol–water partition coefficient (Wildman–Crippen LogP) is 2.15. The highest BCUT2D eigenvalue weighted by molar-refractivity contribution is 5.89. The maximum Gasteiger partial charge on any atom is 0.321 e. The van der Waals surface area contributed by atoms with Crippen LogP contribution in [0.25, 0.3) is 0 Å². The lowest BCUT2D eigenvalue weighted by atomic mass is 10.3. The highest BCUT2D eigenvalue weighted by Gasteiger charge is 2.12. The monoisotopic (exact) mass is 254 g/mol. The number of hydrogen-bond acceptors (Lipinski definition) is 2. The summed E-state index contributed by atoms with van der Waals surface area (Å²) in [6.45, 7) is 2.30. The lowest BCUT2D eigenvalue weighted by Gasteiger charge is -2.20. The van der Waals surface area contributed by atoms with E-state index in [0.717, 1.165) is 0 Å². The summed E-state index contributed by atoms with van der Waals surface area (Å²) >= 11 is 0. The molecule has 0 unspecified atom stereocenters. The Morgan fingerprint density at radius 3 is 2.44 bits per heavy atom. The molecule has 0 aliphatic rings. The first-order chi connectivity index (χ1) is 8.52. The smallest absolute Gasteiger partial charge is 0.321 e. The fraction of sp³-hybridized carbons (Fsp3) is 0.333. The van der Waals surface area contributed by atoms with Gasteiger partial charge in [-0.15, -0.1) is 0 Å². The SMILES string of the molecule is CCN(CCC(=O)O)C(=O)Nc1ccc(F)cc1. The molecule has 0 aliphatic carbocycles.